The fourth-order valence-electron chi connectivity index (χ4n) is 2.23. The lowest BCUT2D eigenvalue weighted by Gasteiger charge is -2.21. The van der Waals surface area contributed by atoms with Crippen molar-refractivity contribution in [2.45, 2.75) is 58.3 Å². The summed E-state index contributed by atoms with van der Waals surface area (Å²) in [5.74, 6) is -0.309. The fourth-order valence-corrected chi connectivity index (χ4v) is 2.23. The molecule has 1 unspecified atom stereocenters. The highest BCUT2D eigenvalue weighted by molar-refractivity contribution is 5.73. The van der Waals surface area contributed by atoms with E-state index in [0.717, 1.165) is 18.4 Å². The van der Waals surface area contributed by atoms with Gasteiger partial charge in [-0.2, -0.15) is 0 Å². The third kappa shape index (κ3) is 11.8. The molecule has 2 N–H and O–H groups in total. The number of alkyl carbamates (subject to hydrolysis) is 1. The van der Waals surface area contributed by atoms with E-state index in [1.54, 1.807) is 20.8 Å². The highest BCUT2D eigenvalue weighted by atomic mass is 16.6. The maximum atomic E-state index is 11.6. The average molecular weight is 378 g/mol. The van der Waals surface area contributed by atoms with Crippen molar-refractivity contribution in [2.24, 2.45) is 0 Å². The summed E-state index contributed by atoms with van der Waals surface area (Å²) in [5, 5.41) is 5.55. The van der Waals surface area contributed by atoms with Crippen LogP contribution in [0.2, 0.25) is 0 Å². The van der Waals surface area contributed by atoms with Crippen molar-refractivity contribution in [1.29, 1.82) is 0 Å². The van der Waals surface area contributed by atoms with Crippen LogP contribution in [0.3, 0.4) is 0 Å². The van der Waals surface area contributed by atoms with Crippen LogP contribution in [0.15, 0.2) is 30.3 Å². The van der Waals surface area contributed by atoms with E-state index in [0.29, 0.717) is 19.3 Å². The number of benzene rings is 1. The van der Waals surface area contributed by atoms with Crippen LogP contribution in [0.25, 0.3) is 0 Å². The van der Waals surface area contributed by atoms with Crippen molar-refractivity contribution >= 4 is 18.3 Å². The van der Waals surface area contributed by atoms with Crippen molar-refractivity contribution in [3.63, 3.8) is 0 Å². The molecule has 0 aromatic heterocycles. The highest BCUT2D eigenvalue weighted by Crippen LogP contribution is 2.07. The molecule has 1 atom stereocenters. The number of rotatable bonds is 11. The Hall–Kier alpha value is -2.41. The summed E-state index contributed by atoms with van der Waals surface area (Å²) in [6.45, 7) is 6.31. The Balaban J connectivity index is 2.08. The zero-order chi connectivity index (χ0) is 20.1. The lowest BCUT2D eigenvalue weighted by atomic mass is 10.1. The molecular formula is C20H30N2O5. The summed E-state index contributed by atoms with van der Waals surface area (Å²) in [7, 11) is 0. The van der Waals surface area contributed by atoms with E-state index in [4.69, 9.17) is 9.47 Å². The van der Waals surface area contributed by atoms with Gasteiger partial charge in [-0.3, -0.25) is 4.79 Å². The molecule has 0 saturated heterocycles. The number of carbonyl (C=O) groups excluding carboxylic acids is 3. The molecule has 7 nitrogen and oxygen atoms in total. The number of hydrogen-bond donors (Lipinski definition) is 2. The molecule has 27 heavy (non-hydrogen) atoms. The van der Waals surface area contributed by atoms with Gasteiger partial charge >= 0.3 is 12.1 Å². The Morgan fingerprint density at radius 2 is 1.85 bits per heavy atom. The molecule has 1 rings (SSSR count). The summed E-state index contributed by atoms with van der Waals surface area (Å²) in [5.41, 5.74) is 0.347. The first-order chi connectivity index (χ1) is 12.8. The van der Waals surface area contributed by atoms with Crippen LogP contribution in [0.5, 0.6) is 0 Å². The van der Waals surface area contributed by atoms with Crippen molar-refractivity contribution in [1.82, 2.24) is 10.6 Å². The molecular weight excluding hydrogens is 348 g/mol. The Morgan fingerprint density at radius 3 is 2.48 bits per heavy atom. The number of hydrogen-bond acceptors (Lipinski definition) is 6. The smallest absolute Gasteiger partial charge is 0.408 e. The molecule has 0 bridgehead atoms. The minimum Gasteiger partial charge on any atom is -0.460 e. The molecule has 0 aliphatic heterocycles. The molecule has 0 aliphatic carbocycles. The predicted octanol–water partition coefficient (Wildman–Crippen LogP) is 2.58. The first-order valence-electron chi connectivity index (χ1n) is 9.15. The Kier molecular flexibility index (Phi) is 10.1. The largest absolute Gasteiger partial charge is 0.460 e. The minimum atomic E-state index is -0.601. The molecule has 0 spiro atoms. The van der Waals surface area contributed by atoms with E-state index in [9.17, 15) is 14.4 Å². The Bertz CT molecular complexity index is 584. The zero-order valence-corrected chi connectivity index (χ0v) is 16.3. The van der Waals surface area contributed by atoms with Gasteiger partial charge in [0.15, 0.2) is 0 Å². The zero-order valence-electron chi connectivity index (χ0n) is 16.3. The van der Waals surface area contributed by atoms with Crippen LogP contribution < -0.4 is 10.6 Å². The van der Waals surface area contributed by atoms with Crippen LogP contribution in [0.4, 0.5) is 4.79 Å². The van der Waals surface area contributed by atoms with Gasteiger partial charge in [0.1, 0.15) is 18.5 Å². The number of carbonyl (C=O) groups is 3. The molecule has 150 valence electrons. The first kappa shape index (κ1) is 22.6. The topological polar surface area (TPSA) is 93.7 Å². The Morgan fingerprint density at radius 1 is 1.15 bits per heavy atom. The van der Waals surface area contributed by atoms with Crippen molar-refractivity contribution in [3.05, 3.63) is 35.9 Å². The number of aldehydes is 1. The normalized spacial score (nSPS) is 12.1. The van der Waals surface area contributed by atoms with Gasteiger partial charge < -0.3 is 24.9 Å². The molecule has 1 amide bonds. The number of nitrogens with one attached hydrogen (secondary N) is 2. The third-order valence-electron chi connectivity index (χ3n) is 3.50. The maximum absolute atomic E-state index is 11.6. The summed E-state index contributed by atoms with van der Waals surface area (Å²) < 4.78 is 10.3. The van der Waals surface area contributed by atoms with Gasteiger partial charge in [-0.15, -0.1) is 0 Å². The van der Waals surface area contributed by atoms with Crippen LogP contribution in [0, 0.1) is 0 Å². The van der Waals surface area contributed by atoms with E-state index in [1.165, 1.54) is 0 Å². The van der Waals surface area contributed by atoms with E-state index in [1.807, 2.05) is 30.3 Å². The average Bonchev–Trinajstić information content (AvgIpc) is 2.61. The van der Waals surface area contributed by atoms with Crippen LogP contribution in [0.1, 0.15) is 45.6 Å². The van der Waals surface area contributed by atoms with E-state index < -0.39 is 17.7 Å². The Labute approximate surface area is 160 Å². The van der Waals surface area contributed by atoms with Crippen LogP contribution in [-0.2, 0) is 25.7 Å². The van der Waals surface area contributed by atoms with E-state index in [2.05, 4.69) is 10.6 Å². The quantitative estimate of drug-likeness (QED) is 0.349. The molecule has 0 saturated carbocycles. The number of esters is 1. The van der Waals surface area contributed by atoms with Gasteiger partial charge in [-0.25, -0.2) is 4.79 Å². The van der Waals surface area contributed by atoms with Gasteiger partial charge in [0.05, 0.1) is 12.6 Å². The molecule has 0 heterocycles. The lowest BCUT2D eigenvalue weighted by molar-refractivity contribution is -0.143. The summed E-state index contributed by atoms with van der Waals surface area (Å²) >= 11 is 0. The molecule has 7 heteroatoms. The van der Waals surface area contributed by atoms with Crippen molar-refractivity contribution in [3.8, 4) is 0 Å². The number of amides is 1. The molecule has 1 aromatic rings. The van der Waals surface area contributed by atoms with E-state index in [-0.39, 0.29) is 19.1 Å². The molecule has 0 fully saturated rings. The standard InChI is InChI=1S/C20H30N2O5/c1-20(2,3)27-19(25)22-17(14-23)11-7-8-12-21-13-18(24)26-15-16-9-5-4-6-10-16/h4-6,9-10,14,17,21H,7-8,11-13,15H2,1-3H3,(H,22,25). The fraction of sp³-hybridized carbons (Fsp3) is 0.550. The van der Waals surface area contributed by atoms with E-state index >= 15 is 0 Å². The summed E-state index contributed by atoms with van der Waals surface area (Å²) in [4.78, 5) is 34.3. The molecule has 0 aliphatic rings. The van der Waals surface area contributed by atoms with Crippen LogP contribution >= 0.6 is 0 Å². The van der Waals surface area contributed by atoms with Gasteiger partial charge in [0.2, 0.25) is 0 Å². The second-order valence-electron chi connectivity index (χ2n) is 7.21. The number of ether oxygens (including phenoxy) is 2. The third-order valence-corrected chi connectivity index (χ3v) is 3.50. The maximum Gasteiger partial charge on any atom is 0.408 e. The second-order valence-corrected chi connectivity index (χ2v) is 7.21. The second kappa shape index (κ2) is 12.1. The van der Waals surface area contributed by atoms with Crippen molar-refractivity contribution < 1.29 is 23.9 Å². The minimum absolute atomic E-state index is 0.139. The monoisotopic (exact) mass is 378 g/mol. The lowest BCUT2D eigenvalue weighted by Crippen LogP contribution is -2.40. The van der Waals surface area contributed by atoms with Crippen LogP contribution in [-0.4, -0.2) is 43.1 Å². The summed E-state index contributed by atoms with van der Waals surface area (Å²) in [6, 6.07) is 8.92. The van der Waals surface area contributed by atoms with Crippen molar-refractivity contribution in [2.75, 3.05) is 13.1 Å². The van der Waals surface area contributed by atoms with Gasteiger partial charge in [-0.05, 0) is 52.1 Å². The first-order valence-corrected chi connectivity index (χ1v) is 9.15. The predicted molar refractivity (Wildman–Crippen MR) is 102 cm³/mol. The SMILES string of the molecule is CC(C)(C)OC(=O)NC(C=O)CCCCNCC(=O)OCc1ccccc1. The van der Waals surface area contributed by atoms with Gasteiger partial charge in [0, 0.05) is 0 Å². The molecule has 1 aromatic carbocycles. The van der Waals surface area contributed by atoms with Gasteiger partial charge in [-0.1, -0.05) is 30.3 Å². The summed E-state index contributed by atoms with van der Waals surface area (Å²) in [6.07, 6.45) is 2.12. The molecule has 0 radical (unpaired) electrons. The highest BCUT2D eigenvalue weighted by Gasteiger charge is 2.18. The van der Waals surface area contributed by atoms with Gasteiger partial charge in [0.25, 0.3) is 0 Å². The number of unbranched alkanes of at least 4 members (excludes halogenated alkanes) is 1.